The molecular formula is C7H12N4. The Bertz CT molecular complexity index is 242. The van der Waals surface area contributed by atoms with Gasteiger partial charge in [-0.1, -0.05) is 0 Å². The normalized spacial score (nSPS) is 23.2. The van der Waals surface area contributed by atoms with Gasteiger partial charge in [0.2, 0.25) is 0 Å². The molecule has 0 spiro atoms. The summed E-state index contributed by atoms with van der Waals surface area (Å²) in [6.45, 7) is 1.80. The van der Waals surface area contributed by atoms with E-state index in [9.17, 15) is 0 Å². The monoisotopic (exact) mass is 152 g/mol. The molecule has 0 radical (unpaired) electrons. The Balaban J connectivity index is 2.18. The molecule has 1 aliphatic heterocycles. The number of aryl methyl sites for hydroxylation is 1. The summed E-state index contributed by atoms with van der Waals surface area (Å²) >= 11 is 0. The second kappa shape index (κ2) is 2.62. The van der Waals surface area contributed by atoms with E-state index in [0.717, 1.165) is 25.3 Å². The van der Waals surface area contributed by atoms with Crippen molar-refractivity contribution in [3.63, 3.8) is 0 Å². The summed E-state index contributed by atoms with van der Waals surface area (Å²) in [5.41, 5.74) is 5.57. The summed E-state index contributed by atoms with van der Waals surface area (Å²) < 4.78 is 2.10. The molecule has 1 atom stereocenters. The molecule has 60 valence electrons. The zero-order valence-corrected chi connectivity index (χ0v) is 6.40. The molecule has 0 fully saturated rings. The Morgan fingerprint density at radius 2 is 2.64 bits per heavy atom. The smallest absolute Gasteiger partial charge is 0.133 e. The lowest BCUT2D eigenvalue weighted by molar-refractivity contribution is 0.389. The zero-order chi connectivity index (χ0) is 7.68. The fraction of sp³-hybridized carbons (Fsp3) is 0.714. The second-order valence-corrected chi connectivity index (χ2v) is 3.04. The summed E-state index contributed by atoms with van der Waals surface area (Å²) in [6.07, 6.45) is 3.96. The minimum atomic E-state index is 0.617. The van der Waals surface area contributed by atoms with E-state index in [2.05, 4.69) is 14.8 Å². The van der Waals surface area contributed by atoms with Gasteiger partial charge in [0.1, 0.15) is 12.2 Å². The van der Waals surface area contributed by atoms with Crippen molar-refractivity contribution in [3.05, 3.63) is 12.2 Å². The minimum absolute atomic E-state index is 0.617. The highest BCUT2D eigenvalue weighted by molar-refractivity contribution is 4.92. The Labute approximate surface area is 65.4 Å². The van der Waals surface area contributed by atoms with Gasteiger partial charge in [-0.2, -0.15) is 0 Å². The lowest BCUT2D eigenvalue weighted by Crippen LogP contribution is -2.25. The van der Waals surface area contributed by atoms with Crippen LogP contribution in [0.25, 0.3) is 0 Å². The Morgan fingerprint density at radius 3 is 3.45 bits per heavy atom. The third kappa shape index (κ3) is 1.14. The van der Waals surface area contributed by atoms with Crippen molar-refractivity contribution < 1.29 is 0 Å². The molecule has 1 aromatic heterocycles. The molecule has 2 N–H and O–H groups in total. The van der Waals surface area contributed by atoms with Crippen molar-refractivity contribution in [1.82, 2.24) is 14.8 Å². The Morgan fingerprint density at radius 1 is 1.73 bits per heavy atom. The van der Waals surface area contributed by atoms with Gasteiger partial charge in [0, 0.05) is 13.0 Å². The molecule has 11 heavy (non-hydrogen) atoms. The van der Waals surface area contributed by atoms with Crippen LogP contribution in [0.1, 0.15) is 12.2 Å². The fourth-order valence-electron chi connectivity index (χ4n) is 1.51. The maximum absolute atomic E-state index is 5.57. The van der Waals surface area contributed by atoms with Crippen LogP contribution in [0.5, 0.6) is 0 Å². The highest BCUT2D eigenvalue weighted by Gasteiger charge is 2.17. The van der Waals surface area contributed by atoms with E-state index in [0.29, 0.717) is 5.92 Å². The third-order valence-electron chi connectivity index (χ3n) is 2.28. The minimum Gasteiger partial charge on any atom is -0.330 e. The van der Waals surface area contributed by atoms with E-state index in [4.69, 9.17) is 5.73 Å². The van der Waals surface area contributed by atoms with Crippen molar-refractivity contribution in [3.8, 4) is 0 Å². The summed E-state index contributed by atoms with van der Waals surface area (Å²) in [6, 6.07) is 0. The Kier molecular flexibility index (Phi) is 1.62. The van der Waals surface area contributed by atoms with Crippen LogP contribution < -0.4 is 5.73 Å². The van der Waals surface area contributed by atoms with Gasteiger partial charge in [-0.15, -0.1) is 10.2 Å². The molecule has 1 aliphatic rings. The lowest BCUT2D eigenvalue weighted by Gasteiger charge is -2.20. The summed E-state index contributed by atoms with van der Waals surface area (Å²) in [5.74, 6) is 1.71. The second-order valence-electron chi connectivity index (χ2n) is 3.04. The van der Waals surface area contributed by atoms with E-state index in [1.54, 1.807) is 6.33 Å². The molecule has 4 heteroatoms. The quantitative estimate of drug-likeness (QED) is 0.606. The van der Waals surface area contributed by atoms with Gasteiger partial charge in [0.25, 0.3) is 0 Å². The number of nitrogens with zero attached hydrogens (tertiary/aromatic N) is 3. The number of hydrogen-bond donors (Lipinski definition) is 1. The maximum atomic E-state index is 5.57. The number of hydrogen-bond acceptors (Lipinski definition) is 3. The van der Waals surface area contributed by atoms with Crippen LogP contribution in [0.4, 0.5) is 0 Å². The lowest BCUT2D eigenvalue weighted by atomic mass is 9.98. The van der Waals surface area contributed by atoms with Crippen LogP contribution in [-0.2, 0) is 13.0 Å². The van der Waals surface area contributed by atoms with Gasteiger partial charge in [-0.25, -0.2) is 0 Å². The molecule has 0 saturated heterocycles. The van der Waals surface area contributed by atoms with Crippen LogP contribution in [0.3, 0.4) is 0 Å². The first-order valence-electron chi connectivity index (χ1n) is 3.97. The van der Waals surface area contributed by atoms with E-state index < -0.39 is 0 Å². The highest BCUT2D eigenvalue weighted by Crippen LogP contribution is 2.16. The Hall–Kier alpha value is -0.900. The standard InChI is InChI=1S/C7H12N4/c8-4-6-1-2-11-5-9-10-7(11)3-6/h5-6H,1-4,8H2/t6-/m1/s1. The summed E-state index contributed by atoms with van der Waals surface area (Å²) in [4.78, 5) is 0. The molecule has 1 aromatic rings. The molecule has 0 aromatic carbocycles. The van der Waals surface area contributed by atoms with Gasteiger partial charge < -0.3 is 10.3 Å². The fourth-order valence-corrected chi connectivity index (χ4v) is 1.51. The molecular weight excluding hydrogens is 140 g/mol. The van der Waals surface area contributed by atoms with Crippen LogP contribution >= 0.6 is 0 Å². The van der Waals surface area contributed by atoms with Gasteiger partial charge in [0.05, 0.1) is 0 Å². The predicted molar refractivity (Wildman–Crippen MR) is 40.9 cm³/mol. The SMILES string of the molecule is NC[C@@H]1CCn2cnnc2C1. The molecule has 2 rings (SSSR count). The van der Waals surface area contributed by atoms with E-state index in [-0.39, 0.29) is 0 Å². The van der Waals surface area contributed by atoms with Crippen LogP contribution in [0.2, 0.25) is 0 Å². The van der Waals surface area contributed by atoms with Crippen molar-refractivity contribution in [2.24, 2.45) is 11.7 Å². The maximum Gasteiger partial charge on any atom is 0.133 e. The first-order valence-corrected chi connectivity index (χ1v) is 3.97. The van der Waals surface area contributed by atoms with Gasteiger partial charge in [-0.3, -0.25) is 0 Å². The summed E-state index contributed by atoms with van der Waals surface area (Å²) in [7, 11) is 0. The number of fused-ring (bicyclic) bond motifs is 1. The average molecular weight is 152 g/mol. The van der Waals surface area contributed by atoms with Crippen LogP contribution in [0.15, 0.2) is 6.33 Å². The van der Waals surface area contributed by atoms with Crippen molar-refractivity contribution >= 4 is 0 Å². The van der Waals surface area contributed by atoms with Gasteiger partial charge >= 0.3 is 0 Å². The first-order chi connectivity index (χ1) is 5.40. The van der Waals surface area contributed by atoms with Crippen molar-refractivity contribution in [1.29, 1.82) is 0 Å². The van der Waals surface area contributed by atoms with Crippen LogP contribution in [-0.4, -0.2) is 21.3 Å². The topological polar surface area (TPSA) is 56.7 Å². The number of nitrogens with two attached hydrogens (primary N) is 1. The number of rotatable bonds is 1. The summed E-state index contributed by atoms with van der Waals surface area (Å²) in [5, 5.41) is 7.86. The van der Waals surface area contributed by atoms with Crippen LogP contribution in [0, 0.1) is 5.92 Å². The van der Waals surface area contributed by atoms with Crippen molar-refractivity contribution in [2.45, 2.75) is 19.4 Å². The average Bonchev–Trinajstić information content (AvgIpc) is 2.50. The van der Waals surface area contributed by atoms with E-state index >= 15 is 0 Å². The van der Waals surface area contributed by atoms with E-state index in [1.807, 2.05) is 0 Å². The molecule has 0 unspecified atom stereocenters. The molecule has 0 bridgehead atoms. The van der Waals surface area contributed by atoms with Gasteiger partial charge in [0.15, 0.2) is 0 Å². The van der Waals surface area contributed by atoms with Crippen molar-refractivity contribution in [2.75, 3.05) is 6.54 Å². The highest BCUT2D eigenvalue weighted by atomic mass is 15.3. The molecule has 0 aliphatic carbocycles. The molecule has 0 amide bonds. The largest absolute Gasteiger partial charge is 0.330 e. The molecule has 4 nitrogen and oxygen atoms in total. The van der Waals surface area contributed by atoms with Gasteiger partial charge in [-0.05, 0) is 18.9 Å². The molecule has 2 heterocycles. The third-order valence-corrected chi connectivity index (χ3v) is 2.28. The zero-order valence-electron chi connectivity index (χ0n) is 6.40. The number of aromatic nitrogens is 3. The molecule has 0 saturated carbocycles. The first kappa shape index (κ1) is 6.79. The van der Waals surface area contributed by atoms with E-state index in [1.165, 1.54) is 6.42 Å². The predicted octanol–water partition coefficient (Wildman–Crippen LogP) is -0.201.